The summed E-state index contributed by atoms with van der Waals surface area (Å²) in [6, 6.07) is 2.64. The van der Waals surface area contributed by atoms with Gasteiger partial charge in [0.1, 0.15) is 6.61 Å². The van der Waals surface area contributed by atoms with Gasteiger partial charge in [-0.15, -0.1) is 0 Å². The Kier molecular flexibility index (Phi) is 5.35. The molecule has 6 nitrogen and oxygen atoms in total. The minimum Gasteiger partial charge on any atom is -0.370 e. The average molecular weight is 266 g/mol. The van der Waals surface area contributed by atoms with Crippen LogP contribution in [0, 0.1) is 0 Å². The molecule has 1 saturated carbocycles. The standard InChI is InChI=1S/C13H22N4O2/c14-13(18)10-19-8-6-15-9-11-5-7-17(16-11)12-3-1-2-4-12/h5,7,12,15H,1-4,6,8-10H2,(H2,14,18). The van der Waals surface area contributed by atoms with Crippen molar-refractivity contribution in [1.82, 2.24) is 15.1 Å². The molecule has 1 fully saturated rings. The number of primary amides is 1. The fourth-order valence-electron chi connectivity index (χ4n) is 2.38. The zero-order chi connectivity index (χ0) is 13.5. The first-order chi connectivity index (χ1) is 9.25. The SMILES string of the molecule is NC(=O)COCCNCc1ccn(C2CCCC2)n1. The first-order valence-electron chi connectivity index (χ1n) is 6.86. The van der Waals surface area contributed by atoms with Crippen molar-refractivity contribution < 1.29 is 9.53 Å². The Labute approximate surface area is 113 Å². The van der Waals surface area contributed by atoms with Crippen LogP contribution >= 0.6 is 0 Å². The molecule has 1 aromatic rings. The zero-order valence-corrected chi connectivity index (χ0v) is 11.2. The van der Waals surface area contributed by atoms with Crippen molar-refractivity contribution in [1.29, 1.82) is 0 Å². The fourth-order valence-corrected chi connectivity index (χ4v) is 2.38. The lowest BCUT2D eigenvalue weighted by Crippen LogP contribution is -2.24. The van der Waals surface area contributed by atoms with Crippen LogP contribution in [0.2, 0.25) is 0 Å². The highest BCUT2D eigenvalue weighted by molar-refractivity contribution is 5.74. The molecule has 1 aromatic heterocycles. The van der Waals surface area contributed by atoms with Crippen molar-refractivity contribution in [2.45, 2.75) is 38.3 Å². The lowest BCUT2D eigenvalue weighted by molar-refractivity contribution is -0.122. The lowest BCUT2D eigenvalue weighted by Gasteiger charge is -2.09. The van der Waals surface area contributed by atoms with Gasteiger partial charge in [-0.1, -0.05) is 12.8 Å². The van der Waals surface area contributed by atoms with E-state index in [0.717, 1.165) is 12.2 Å². The number of nitrogens with two attached hydrogens (primary N) is 1. The fraction of sp³-hybridized carbons (Fsp3) is 0.692. The molecule has 1 aliphatic carbocycles. The first-order valence-corrected chi connectivity index (χ1v) is 6.86. The lowest BCUT2D eigenvalue weighted by atomic mass is 10.3. The molecule has 1 amide bonds. The van der Waals surface area contributed by atoms with E-state index in [-0.39, 0.29) is 6.61 Å². The minimum absolute atomic E-state index is 0.0159. The summed E-state index contributed by atoms with van der Waals surface area (Å²) in [5.74, 6) is -0.435. The predicted molar refractivity (Wildman–Crippen MR) is 71.5 cm³/mol. The molecule has 0 spiro atoms. The van der Waals surface area contributed by atoms with Gasteiger partial charge in [0.05, 0.1) is 18.3 Å². The summed E-state index contributed by atoms with van der Waals surface area (Å²) in [4.78, 5) is 10.4. The van der Waals surface area contributed by atoms with Gasteiger partial charge in [0, 0.05) is 19.3 Å². The van der Waals surface area contributed by atoms with Gasteiger partial charge in [0.25, 0.3) is 0 Å². The number of carbonyl (C=O) groups is 1. The Hall–Kier alpha value is -1.40. The molecule has 6 heteroatoms. The Morgan fingerprint density at radius 3 is 3.05 bits per heavy atom. The van der Waals surface area contributed by atoms with Crippen LogP contribution in [-0.2, 0) is 16.1 Å². The number of nitrogens with zero attached hydrogens (tertiary/aromatic N) is 2. The zero-order valence-electron chi connectivity index (χ0n) is 11.2. The molecule has 19 heavy (non-hydrogen) atoms. The third-order valence-corrected chi connectivity index (χ3v) is 3.34. The van der Waals surface area contributed by atoms with Crippen LogP contribution in [0.25, 0.3) is 0 Å². The highest BCUT2D eigenvalue weighted by Crippen LogP contribution is 2.28. The molecule has 106 valence electrons. The summed E-state index contributed by atoms with van der Waals surface area (Å²) >= 11 is 0. The average Bonchev–Trinajstić information content (AvgIpc) is 3.03. The van der Waals surface area contributed by atoms with Crippen molar-refractivity contribution in [3.8, 4) is 0 Å². The van der Waals surface area contributed by atoms with Crippen molar-refractivity contribution in [3.63, 3.8) is 0 Å². The molecule has 0 aliphatic heterocycles. The second kappa shape index (κ2) is 7.25. The van der Waals surface area contributed by atoms with Gasteiger partial charge in [-0.2, -0.15) is 5.10 Å². The van der Waals surface area contributed by atoms with E-state index in [0.29, 0.717) is 19.2 Å². The summed E-state index contributed by atoms with van der Waals surface area (Å²) in [6.07, 6.45) is 7.19. The maximum absolute atomic E-state index is 10.4. The maximum atomic E-state index is 10.4. The Morgan fingerprint density at radius 1 is 1.53 bits per heavy atom. The van der Waals surface area contributed by atoms with E-state index < -0.39 is 5.91 Å². The number of hydrogen-bond acceptors (Lipinski definition) is 4. The van der Waals surface area contributed by atoms with Crippen LogP contribution < -0.4 is 11.1 Å². The quantitative estimate of drug-likeness (QED) is 0.675. The number of ether oxygens (including phenoxy) is 1. The smallest absolute Gasteiger partial charge is 0.243 e. The van der Waals surface area contributed by atoms with E-state index in [9.17, 15) is 4.79 Å². The topological polar surface area (TPSA) is 82.2 Å². The van der Waals surface area contributed by atoms with Gasteiger partial charge >= 0.3 is 0 Å². The number of aromatic nitrogens is 2. The maximum Gasteiger partial charge on any atom is 0.243 e. The van der Waals surface area contributed by atoms with Gasteiger partial charge in [-0.05, 0) is 18.9 Å². The monoisotopic (exact) mass is 266 g/mol. The molecule has 0 atom stereocenters. The minimum atomic E-state index is -0.435. The second-order valence-electron chi connectivity index (χ2n) is 4.92. The highest BCUT2D eigenvalue weighted by atomic mass is 16.5. The van der Waals surface area contributed by atoms with Gasteiger partial charge < -0.3 is 15.8 Å². The summed E-state index contributed by atoms with van der Waals surface area (Å²) < 4.78 is 7.15. The molecule has 0 unspecified atom stereocenters. The van der Waals surface area contributed by atoms with Crippen molar-refractivity contribution in [3.05, 3.63) is 18.0 Å². The molecule has 1 aliphatic rings. The van der Waals surface area contributed by atoms with Crippen LogP contribution in [0.3, 0.4) is 0 Å². The molecule has 1 heterocycles. The van der Waals surface area contributed by atoms with E-state index >= 15 is 0 Å². The Morgan fingerprint density at radius 2 is 2.32 bits per heavy atom. The van der Waals surface area contributed by atoms with E-state index in [2.05, 4.69) is 27.4 Å². The largest absolute Gasteiger partial charge is 0.370 e. The highest BCUT2D eigenvalue weighted by Gasteiger charge is 2.17. The van der Waals surface area contributed by atoms with E-state index in [1.807, 2.05) is 0 Å². The van der Waals surface area contributed by atoms with Crippen LogP contribution in [-0.4, -0.2) is 35.4 Å². The summed E-state index contributed by atoms with van der Waals surface area (Å²) in [6.45, 7) is 1.87. The molecule has 0 bridgehead atoms. The van der Waals surface area contributed by atoms with Crippen LogP contribution in [0.1, 0.15) is 37.4 Å². The van der Waals surface area contributed by atoms with Gasteiger partial charge in [0.2, 0.25) is 5.91 Å². The van der Waals surface area contributed by atoms with Crippen molar-refractivity contribution in [2.75, 3.05) is 19.8 Å². The second-order valence-corrected chi connectivity index (χ2v) is 4.92. The third kappa shape index (κ3) is 4.65. The number of nitrogens with one attached hydrogen (secondary N) is 1. The molecule has 2 rings (SSSR count). The Balaban J connectivity index is 1.62. The molecular formula is C13H22N4O2. The van der Waals surface area contributed by atoms with E-state index in [4.69, 9.17) is 10.5 Å². The van der Waals surface area contributed by atoms with Gasteiger partial charge in [0.15, 0.2) is 0 Å². The van der Waals surface area contributed by atoms with Gasteiger partial charge in [-0.25, -0.2) is 0 Å². The van der Waals surface area contributed by atoms with Crippen LogP contribution in [0.5, 0.6) is 0 Å². The molecular weight excluding hydrogens is 244 g/mol. The van der Waals surface area contributed by atoms with Crippen molar-refractivity contribution >= 4 is 5.91 Å². The van der Waals surface area contributed by atoms with Gasteiger partial charge in [-0.3, -0.25) is 9.48 Å². The molecule has 0 aromatic carbocycles. The third-order valence-electron chi connectivity index (χ3n) is 3.34. The van der Waals surface area contributed by atoms with E-state index in [1.165, 1.54) is 25.7 Å². The van der Waals surface area contributed by atoms with Crippen LogP contribution in [0.15, 0.2) is 12.3 Å². The summed E-state index contributed by atoms with van der Waals surface area (Å²) in [5.41, 5.74) is 6.01. The van der Waals surface area contributed by atoms with Crippen molar-refractivity contribution in [2.24, 2.45) is 5.73 Å². The van der Waals surface area contributed by atoms with Crippen LogP contribution in [0.4, 0.5) is 0 Å². The summed E-state index contributed by atoms with van der Waals surface area (Å²) in [5, 5.41) is 7.80. The number of rotatable bonds is 8. The Bertz CT molecular complexity index is 399. The normalized spacial score (nSPS) is 16.0. The number of hydrogen-bond donors (Lipinski definition) is 2. The number of carbonyl (C=O) groups excluding carboxylic acids is 1. The molecule has 0 radical (unpaired) electrons. The molecule has 0 saturated heterocycles. The predicted octanol–water partition coefficient (Wildman–Crippen LogP) is 0.590. The van der Waals surface area contributed by atoms with E-state index in [1.54, 1.807) is 0 Å². The number of amides is 1. The molecule has 3 N–H and O–H groups in total. The first kappa shape index (κ1) is 14.0. The summed E-state index contributed by atoms with van der Waals surface area (Å²) in [7, 11) is 0.